The molecule has 0 amide bonds. The van der Waals surface area contributed by atoms with Crippen LogP contribution in [-0.2, 0) is 0 Å². The van der Waals surface area contributed by atoms with Crippen LogP contribution in [0.5, 0.6) is 0 Å². The topological polar surface area (TPSA) is 32.6 Å². The van der Waals surface area contributed by atoms with Crippen LogP contribution in [0.1, 0.15) is 40.0 Å². The highest BCUT2D eigenvalue weighted by molar-refractivity contribution is 6.95. The normalized spacial score (nSPS) is 38.8. The highest BCUT2D eigenvalue weighted by Crippen LogP contribution is 2.57. The van der Waals surface area contributed by atoms with Crippen molar-refractivity contribution in [2.75, 3.05) is 0 Å². The summed E-state index contributed by atoms with van der Waals surface area (Å²) >= 11 is 17.5. The van der Waals surface area contributed by atoms with E-state index >= 15 is 0 Å². The van der Waals surface area contributed by atoms with Crippen molar-refractivity contribution in [3.8, 4) is 0 Å². The van der Waals surface area contributed by atoms with E-state index in [0.29, 0.717) is 12.3 Å². The van der Waals surface area contributed by atoms with Crippen LogP contribution in [0.15, 0.2) is 28.9 Å². The van der Waals surface area contributed by atoms with E-state index in [9.17, 15) is 5.11 Å². The molecule has 1 N–H and O–H groups in total. The van der Waals surface area contributed by atoms with Gasteiger partial charge < -0.3 is 5.11 Å². The first kappa shape index (κ1) is 17.3. The summed E-state index contributed by atoms with van der Waals surface area (Å²) in [7, 11) is 0. The average molecular weight is 351 g/mol. The molecule has 0 heterocycles. The van der Waals surface area contributed by atoms with Crippen molar-refractivity contribution in [1.82, 2.24) is 0 Å². The average Bonchev–Trinajstić information content (AvgIpc) is 2.35. The molecule has 1 saturated carbocycles. The molecule has 5 heteroatoms. The van der Waals surface area contributed by atoms with E-state index in [2.05, 4.69) is 31.8 Å². The van der Waals surface area contributed by atoms with E-state index in [1.54, 1.807) is 6.20 Å². The lowest BCUT2D eigenvalue weighted by atomic mass is 9.52. The van der Waals surface area contributed by atoms with Gasteiger partial charge in [0, 0.05) is 6.20 Å². The number of aliphatic imine (C=N–C) groups is 1. The molecule has 0 aliphatic heterocycles. The van der Waals surface area contributed by atoms with Crippen LogP contribution in [-0.4, -0.2) is 21.2 Å². The van der Waals surface area contributed by atoms with Gasteiger partial charge in [0.15, 0.2) is 4.63 Å². The molecule has 2 nitrogen and oxygen atoms in total. The van der Waals surface area contributed by atoms with Crippen molar-refractivity contribution in [3.63, 3.8) is 0 Å². The van der Waals surface area contributed by atoms with Crippen LogP contribution in [0.25, 0.3) is 0 Å². The molecule has 21 heavy (non-hydrogen) atoms. The maximum atomic E-state index is 10.3. The summed E-state index contributed by atoms with van der Waals surface area (Å²) in [6, 6.07) is 0. The van der Waals surface area contributed by atoms with E-state index in [4.69, 9.17) is 34.8 Å². The number of fused-ring (bicyclic) bond motifs is 1. The van der Waals surface area contributed by atoms with E-state index in [0.717, 1.165) is 12.8 Å². The van der Waals surface area contributed by atoms with Gasteiger partial charge in [0.25, 0.3) is 0 Å². The van der Waals surface area contributed by atoms with Crippen molar-refractivity contribution in [2.24, 2.45) is 21.7 Å². The Morgan fingerprint density at radius 3 is 2.67 bits per heavy atom. The molecule has 2 rings (SSSR count). The zero-order chi connectivity index (χ0) is 15.8. The fraction of sp³-hybridized carbons (Fsp3) is 0.688. The third-order valence-corrected chi connectivity index (χ3v) is 6.14. The molecule has 4 atom stereocenters. The van der Waals surface area contributed by atoms with Crippen molar-refractivity contribution < 1.29 is 5.11 Å². The predicted molar refractivity (Wildman–Crippen MR) is 91.2 cm³/mol. The maximum absolute atomic E-state index is 10.3. The second-order valence-electron chi connectivity index (χ2n) is 7.00. The summed E-state index contributed by atoms with van der Waals surface area (Å²) in [6.45, 7) is 6.56. The first-order valence-electron chi connectivity index (χ1n) is 7.26. The smallest absolute Gasteiger partial charge is 0.196 e. The largest absolute Gasteiger partial charge is 0.392 e. The van der Waals surface area contributed by atoms with E-state index in [1.165, 1.54) is 5.57 Å². The van der Waals surface area contributed by atoms with Crippen LogP contribution >= 0.6 is 34.8 Å². The second-order valence-corrected chi connectivity index (χ2v) is 8.38. The van der Waals surface area contributed by atoms with Gasteiger partial charge in [-0.25, -0.2) is 4.99 Å². The number of hydrogen-bond donors (Lipinski definition) is 1. The molecule has 2 aliphatic carbocycles. The first-order chi connectivity index (χ1) is 9.67. The Kier molecular flexibility index (Phi) is 5.15. The molecular weight excluding hydrogens is 329 g/mol. The van der Waals surface area contributed by atoms with Gasteiger partial charge in [0.05, 0.1) is 11.5 Å². The minimum atomic E-state index is -0.474. The Morgan fingerprint density at radius 2 is 2.05 bits per heavy atom. The second kappa shape index (κ2) is 6.23. The number of hydrogen-bond acceptors (Lipinski definition) is 2. The van der Waals surface area contributed by atoms with Gasteiger partial charge in [0.1, 0.15) is 0 Å². The van der Waals surface area contributed by atoms with E-state index in [1.807, 2.05) is 6.08 Å². The van der Waals surface area contributed by atoms with Gasteiger partial charge in [-0.3, -0.25) is 0 Å². The minimum absolute atomic E-state index is 0.00551. The van der Waals surface area contributed by atoms with Gasteiger partial charge in [-0.05, 0) is 70.9 Å². The van der Waals surface area contributed by atoms with Gasteiger partial charge in [-0.1, -0.05) is 26.8 Å². The lowest BCUT2D eigenvalue weighted by Crippen LogP contribution is -2.54. The Labute approximate surface area is 141 Å². The predicted octanol–water partition coefficient (Wildman–Crippen LogP) is 5.07. The lowest BCUT2D eigenvalue weighted by Gasteiger charge is -2.55. The molecule has 0 radical (unpaired) electrons. The zero-order valence-electron chi connectivity index (χ0n) is 12.6. The Morgan fingerprint density at radius 1 is 1.38 bits per heavy atom. The van der Waals surface area contributed by atoms with Gasteiger partial charge in [-0.15, -0.1) is 11.6 Å². The highest BCUT2D eigenvalue weighted by Gasteiger charge is 2.54. The Bertz CT molecular complexity index is 494. The van der Waals surface area contributed by atoms with Crippen molar-refractivity contribution in [1.29, 1.82) is 0 Å². The number of rotatable bonds is 2. The highest BCUT2D eigenvalue weighted by atomic mass is 35.5. The van der Waals surface area contributed by atoms with Crippen molar-refractivity contribution >= 4 is 39.4 Å². The molecule has 0 aromatic heterocycles. The summed E-state index contributed by atoms with van der Waals surface area (Å²) in [5.74, 6) is 0.466. The molecule has 0 saturated heterocycles. The summed E-state index contributed by atoms with van der Waals surface area (Å²) in [5.41, 5.74) is 1.08. The number of aliphatic hydroxyl groups excluding tert-OH is 1. The molecule has 2 aliphatic rings. The summed E-state index contributed by atoms with van der Waals surface area (Å²) in [4.78, 5) is 3.86. The fourth-order valence-corrected chi connectivity index (χ4v) is 4.58. The van der Waals surface area contributed by atoms with E-state index in [-0.39, 0.29) is 20.8 Å². The van der Waals surface area contributed by atoms with Crippen LogP contribution in [0.4, 0.5) is 0 Å². The van der Waals surface area contributed by atoms with Crippen LogP contribution < -0.4 is 0 Å². The maximum Gasteiger partial charge on any atom is 0.196 e. The number of alkyl halides is 1. The van der Waals surface area contributed by atoms with Gasteiger partial charge >= 0.3 is 0 Å². The molecular formula is C16H22Cl3NO. The lowest BCUT2D eigenvalue weighted by molar-refractivity contribution is -0.0477. The molecule has 4 unspecified atom stereocenters. The molecule has 0 bridgehead atoms. The van der Waals surface area contributed by atoms with Gasteiger partial charge in [0.2, 0.25) is 0 Å². The summed E-state index contributed by atoms with van der Waals surface area (Å²) < 4.78 is 0.00551. The summed E-state index contributed by atoms with van der Waals surface area (Å²) in [5, 5.41) is 10.1. The number of allylic oxidation sites excluding steroid dienone is 3. The fourth-order valence-electron chi connectivity index (χ4n) is 4.22. The number of aliphatic hydroxyl groups is 1. The standard InChI is InChI=1S/C16H22Cl3NO/c1-15(2)12-5-4-10(6-7-20-14(18)19)8-16(12,3)9-11(21)13(15)17/h6-8,11-13,21H,4-5,9H2,1-3H3. The third kappa shape index (κ3) is 3.50. The van der Waals surface area contributed by atoms with Crippen molar-refractivity contribution in [2.45, 2.75) is 51.5 Å². The van der Waals surface area contributed by atoms with Crippen molar-refractivity contribution in [3.05, 3.63) is 23.9 Å². The minimum Gasteiger partial charge on any atom is -0.392 e. The molecule has 0 spiro atoms. The Balaban J connectivity index is 2.28. The molecule has 1 fully saturated rings. The van der Waals surface area contributed by atoms with Gasteiger partial charge in [-0.2, -0.15) is 0 Å². The number of halogens is 3. The third-order valence-electron chi connectivity index (χ3n) is 5.09. The molecule has 118 valence electrons. The molecule has 0 aromatic rings. The van der Waals surface area contributed by atoms with Crippen LogP contribution in [0, 0.1) is 16.7 Å². The summed E-state index contributed by atoms with van der Waals surface area (Å²) in [6.07, 6.45) is 8.11. The monoisotopic (exact) mass is 349 g/mol. The first-order valence-corrected chi connectivity index (χ1v) is 8.45. The molecule has 0 aromatic carbocycles. The number of nitrogens with zero attached hydrogens (tertiary/aromatic N) is 1. The van der Waals surface area contributed by atoms with E-state index < -0.39 is 6.10 Å². The van der Waals surface area contributed by atoms with Crippen LogP contribution in [0.2, 0.25) is 0 Å². The zero-order valence-corrected chi connectivity index (χ0v) is 14.9. The SMILES string of the molecule is CC12C=C(C=CN=C(Cl)Cl)CCC1C(C)(C)C(Cl)C(O)C2. The quantitative estimate of drug-likeness (QED) is 0.547. The Hall–Kier alpha value is -0.0200. The van der Waals surface area contributed by atoms with Crippen LogP contribution in [0.3, 0.4) is 0 Å².